The van der Waals surface area contributed by atoms with Crippen molar-refractivity contribution >= 4 is 34.2 Å². The molecule has 5 rings (SSSR count). The van der Waals surface area contributed by atoms with Crippen LogP contribution in [0, 0.1) is 6.92 Å². The Morgan fingerprint density at radius 2 is 1.81 bits per heavy atom. The van der Waals surface area contributed by atoms with Crippen LogP contribution in [0.1, 0.15) is 5.56 Å². The number of carbonyl (C=O) groups excluding carboxylic acids is 2. The highest BCUT2D eigenvalue weighted by molar-refractivity contribution is 6.09. The first-order valence-corrected chi connectivity index (χ1v) is 9.71. The smallest absolute Gasteiger partial charge is 0.264 e. The lowest BCUT2D eigenvalue weighted by Gasteiger charge is -2.29. The third-order valence-corrected chi connectivity index (χ3v) is 5.28. The molecule has 3 heterocycles. The fraction of sp³-hybridized carbons (Fsp3) is 0.136. The number of nitrogens with one attached hydrogen (secondary N) is 1. The van der Waals surface area contributed by atoms with Gasteiger partial charge >= 0.3 is 0 Å². The first-order chi connectivity index (χ1) is 15.0. The molecule has 0 unspecified atom stereocenters. The molecular weight excluding hydrogens is 396 g/mol. The fourth-order valence-electron chi connectivity index (χ4n) is 3.73. The zero-order valence-corrected chi connectivity index (χ0v) is 16.6. The topological polar surface area (TPSA) is 102 Å². The van der Waals surface area contributed by atoms with Crippen molar-refractivity contribution in [3.63, 3.8) is 0 Å². The van der Waals surface area contributed by atoms with Crippen LogP contribution in [0.3, 0.4) is 0 Å². The van der Waals surface area contributed by atoms with Crippen molar-refractivity contribution in [2.45, 2.75) is 13.5 Å². The van der Waals surface area contributed by atoms with Gasteiger partial charge in [-0.15, -0.1) is 0 Å². The standard InChI is InChI=1S/C22H18N6O3/c1-14-6-2-4-8-17(14)28-21-15(10-24-28)22(31)26(13-23-21)12-20(30)27-11-19(29)25-16-7-3-5-9-18(16)27/h2-10,13H,11-12H2,1H3,(H,25,29). The second-order valence-electron chi connectivity index (χ2n) is 7.30. The predicted molar refractivity (Wildman–Crippen MR) is 115 cm³/mol. The SMILES string of the molecule is Cc1ccccc1-n1ncc2c(=O)n(CC(=O)N3CC(=O)Nc4ccccc43)cnc21. The number of fused-ring (bicyclic) bond motifs is 2. The summed E-state index contributed by atoms with van der Waals surface area (Å²) in [7, 11) is 0. The molecule has 2 aromatic carbocycles. The quantitative estimate of drug-likeness (QED) is 0.551. The van der Waals surface area contributed by atoms with Gasteiger partial charge in [-0.05, 0) is 30.7 Å². The average molecular weight is 414 g/mol. The Hall–Kier alpha value is -4.27. The van der Waals surface area contributed by atoms with E-state index in [2.05, 4.69) is 15.4 Å². The third kappa shape index (κ3) is 3.16. The summed E-state index contributed by atoms with van der Waals surface area (Å²) in [6.07, 6.45) is 2.80. The molecule has 1 aliphatic rings. The highest BCUT2D eigenvalue weighted by Gasteiger charge is 2.27. The minimum Gasteiger partial charge on any atom is -0.323 e. The molecule has 0 fully saturated rings. The average Bonchev–Trinajstić information content (AvgIpc) is 3.20. The van der Waals surface area contributed by atoms with Gasteiger partial charge in [-0.2, -0.15) is 5.10 Å². The first kappa shape index (κ1) is 18.7. The van der Waals surface area contributed by atoms with Gasteiger partial charge in [0.1, 0.15) is 24.8 Å². The summed E-state index contributed by atoms with van der Waals surface area (Å²) in [6, 6.07) is 14.7. The van der Waals surface area contributed by atoms with Crippen LogP contribution in [0.2, 0.25) is 0 Å². The van der Waals surface area contributed by atoms with E-state index in [0.717, 1.165) is 11.3 Å². The van der Waals surface area contributed by atoms with Gasteiger partial charge in [0, 0.05) is 0 Å². The third-order valence-electron chi connectivity index (χ3n) is 5.28. The van der Waals surface area contributed by atoms with Crippen molar-refractivity contribution in [2.75, 3.05) is 16.8 Å². The molecule has 0 radical (unpaired) electrons. The number of nitrogens with zero attached hydrogens (tertiary/aromatic N) is 5. The first-order valence-electron chi connectivity index (χ1n) is 9.71. The summed E-state index contributed by atoms with van der Waals surface area (Å²) in [5.41, 5.74) is 3.04. The van der Waals surface area contributed by atoms with Gasteiger partial charge in [0.05, 0.1) is 23.3 Å². The second kappa shape index (κ2) is 7.21. The Balaban J connectivity index is 1.49. The monoisotopic (exact) mass is 414 g/mol. The number of carbonyl (C=O) groups is 2. The summed E-state index contributed by atoms with van der Waals surface area (Å²) in [6.45, 7) is 1.61. The zero-order chi connectivity index (χ0) is 21.5. The van der Waals surface area contributed by atoms with Gasteiger partial charge in [0.25, 0.3) is 5.56 Å². The van der Waals surface area contributed by atoms with Crippen LogP contribution in [0.4, 0.5) is 11.4 Å². The van der Waals surface area contributed by atoms with Crippen LogP contribution in [0.15, 0.2) is 65.8 Å². The molecule has 154 valence electrons. The molecule has 4 aromatic rings. The van der Waals surface area contributed by atoms with Crippen molar-refractivity contribution in [1.29, 1.82) is 0 Å². The van der Waals surface area contributed by atoms with Gasteiger partial charge in [-0.3, -0.25) is 23.9 Å². The van der Waals surface area contributed by atoms with Crippen molar-refractivity contribution in [2.24, 2.45) is 0 Å². The summed E-state index contributed by atoms with van der Waals surface area (Å²) >= 11 is 0. The molecule has 9 nitrogen and oxygen atoms in total. The maximum absolute atomic E-state index is 13.0. The normalized spacial score (nSPS) is 13.2. The van der Waals surface area contributed by atoms with E-state index in [1.54, 1.807) is 28.9 Å². The highest BCUT2D eigenvalue weighted by Crippen LogP contribution is 2.29. The largest absolute Gasteiger partial charge is 0.323 e. The Morgan fingerprint density at radius 3 is 2.61 bits per heavy atom. The Kier molecular flexibility index (Phi) is 4.36. The number of amides is 2. The highest BCUT2D eigenvalue weighted by atomic mass is 16.2. The van der Waals surface area contributed by atoms with Gasteiger partial charge < -0.3 is 5.32 Å². The number of aromatic nitrogens is 4. The molecule has 2 aromatic heterocycles. The van der Waals surface area contributed by atoms with Gasteiger partial charge in [0.2, 0.25) is 11.8 Å². The predicted octanol–water partition coefficient (Wildman–Crippen LogP) is 1.88. The summed E-state index contributed by atoms with van der Waals surface area (Å²) in [4.78, 5) is 43.7. The van der Waals surface area contributed by atoms with Crippen LogP contribution < -0.4 is 15.8 Å². The molecule has 2 amide bonds. The molecule has 31 heavy (non-hydrogen) atoms. The Labute approximate surface area is 176 Å². The number of anilines is 2. The Bertz CT molecular complexity index is 1400. The van der Waals surface area contributed by atoms with E-state index < -0.39 is 0 Å². The molecule has 0 saturated carbocycles. The van der Waals surface area contributed by atoms with Gasteiger partial charge in [-0.25, -0.2) is 9.67 Å². The number of hydrogen-bond donors (Lipinski definition) is 1. The molecule has 9 heteroatoms. The number of hydrogen-bond acceptors (Lipinski definition) is 5. The Morgan fingerprint density at radius 1 is 1.06 bits per heavy atom. The lowest BCUT2D eigenvalue weighted by atomic mass is 10.2. The van der Waals surface area contributed by atoms with E-state index in [4.69, 9.17) is 0 Å². The number of benzene rings is 2. The fourth-order valence-corrected chi connectivity index (χ4v) is 3.73. The van der Waals surface area contributed by atoms with Crippen LogP contribution in [-0.2, 0) is 16.1 Å². The minimum atomic E-state index is -0.378. The molecule has 0 atom stereocenters. The van der Waals surface area contributed by atoms with Crippen LogP contribution in [0.25, 0.3) is 16.7 Å². The zero-order valence-electron chi connectivity index (χ0n) is 16.6. The van der Waals surface area contributed by atoms with Crippen LogP contribution in [0.5, 0.6) is 0 Å². The van der Waals surface area contributed by atoms with E-state index in [1.807, 2.05) is 31.2 Å². The summed E-state index contributed by atoms with van der Waals surface area (Å²) in [5.74, 6) is -0.663. The number of rotatable bonds is 3. The maximum Gasteiger partial charge on any atom is 0.264 e. The van der Waals surface area contributed by atoms with Crippen LogP contribution >= 0.6 is 0 Å². The lowest BCUT2D eigenvalue weighted by Crippen LogP contribution is -2.44. The van der Waals surface area contributed by atoms with E-state index in [1.165, 1.54) is 22.0 Å². The van der Waals surface area contributed by atoms with Crippen molar-refractivity contribution in [1.82, 2.24) is 19.3 Å². The minimum absolute atomic E-state index is 0.106. The van der Waals surface area contributed by atoms with Crippen molar-refractivity contribution < 1.29 is 9.59 Å². The molecule has 0 saturated heterocycles. The van der Waals surface area contributed by atoms with Crippen LogP contribution in [-0.4, -0.2) is 37.7 Å². The molecule has 0 spiro atoms. The maximum atomic E-state index is 13.0. The molecule has 1 aliphatic heterocycles. The van der Waals surface area contributed by atoms with Crippen molar-refractivity contribution in [3.8, 4) is 5.69 Å². The van der Waals surface area contributed by atoms with E-state index >= 15 is 0 Å². The van der Waals surface area contributed by atoms with E-state index in [9.17, 15) is 14.4 Å². The van der Waals surface area contributed by atoms with E-state index in [-0.39, 0.29) is 30.5 Å². The van der Waals surface area contributed by atoms with Crippen molar-refractivity contribution in [3.05, 3.63) is 77.0 Å². The van der Waals surface area contributed by atoms with Gasteiger partial charge in [0.15, 0.2) is 5.65 Å². The number of aryl methyl sites for hydroxylation is 1. The summed E-state index contributed by atoms with van der Waals surface area (Å²) in [5, 5.41) is 7.39. The molecule has 0 bridgehead atoms. The summed E-state index contributed by atoms with van der Waals surface area (Å²) < 4.78 is 2.85. The molecular formula is C22H18N6O3. The second-order valence-corrected chi connectivity index (χ2v) is 7.30. The molecule has 0 aliphatic carbocycles. The molecule has 1 N–H and O–H groups in total. The lowest BCUT2D eigenvalue weighted by molar-refractivity contribution is -0.122. The number of para-hydroxylation sites is 3. The van der Waals surface area contributed by atoms with E-state index in [0.29, 0.717) is 22.4 Å². The van der Waals surface area contributed by atoms with Gasteiger partial charge in [-0.1, -0.05) is 30.3 Å².